The number of rotatable bonds is 43. The van der Waals surface area contributed by atoms with Crippen LogP contribution in [0.1, 0.15) is 207 Å². The Balaban J connectivity index is 4.49. The minimum Gasteiger partial charge on any atom is -0.462 e. The summed E-state index contributed by atoms with van der Waals surface area (Å²) in [5, 5.41) is 0. The lowest BCUT2D eigenvalue weighted by molar-refractivity contribution is -0.167. The number of ether oxygens (including phenoxy) is 3. The second-order valence-corrected chi connectivity index (χ2v) is 16.0. The Hall–Kier alpha value is -3.93. The SMILES string of the molecule is CC/C=C\C/C=C\C/C=C\C/C=C\C/C=C\CCCC(=O)OC(COC(=O)CCCC/C=C\C/C=C\CC)COC(=O)CCCCCCC/C=C\C=C/CCCCCCCCC. The van der Waals surface area contributed by atoms with Gasteiger partial charge in [0.15, 0.2) is 6.10 Å². The van der Waals surface area contributed by atoms with Crippen LogP contribution in [0.25, 0.3) is 0 Å². The Morgan fingerprint density at radius 1 is 0.355 bits per heavy atom. The van der Waals surface area contributed by atoms with E-state index >= 15 is 0 Å². The van der Waals surface area contributed by atoms with Crippen LogP contribution in [0.5, 0.6) is 0 Å². The molecule has 0 aliphatic rings. The molecule has 1 unspecified atom stereocenters. The van der Waals surface area contributed by atoms with Crippen molar-refractivity contribution in [1.82, 2.24) is 0 Å². The molecule has 0 bridgehead atoms. The highest BCUT2D eigenvalue weighted by Gasteiger charge is 2.19. The first-order chi connectivity index (χ1) is 30.5. The topological polar surface area (TPSA) is 78.9 Å². The molecule has 0 heterocycles. The zero-order valence-corrected chi connectivity index (χ0v) is 39.8. The molecule has 0 spiro atoms. The van der Waals surface area contributed by atoms with E-state index in [0.717, 1.165) is 109 Å². The van der Waals surface area contributed by atoms with Gasteiger partial charge in [0.05, 0.1) is 0 Å². The van der Waals surface area contributed by atoms with Crippen molar-refractivity contribution in [1.29, 1.82) is 0 Å². The minimum atomic E-state index is -0.827. The molecular formula is C56H90O6. The van der Waals surface area contributed by atoms with Crippen LogP contribution in [0.15, 0.2) is 109 Å². The summed E-state index contributed by atoms with van der Waals surface area (Å²) < 4.78 is 16.6. The van der Waals surface area contributed by atoms with Gasteiger partial charge in [-0.1, -0.05) is 188 Å². The molecule has 0 radical (unpaired) electrons. The molecule has 0 fully saturated rings. The van der Waals surface area contributed by atoms with Gasteiger partial charge in [-0.25, -0.2) is 0 Å². The van der Waals surface area contributed by atoms with E-state index in [0.29, 0.717) is 19.3 Å². The third-order valence-electron chi connectivity index (χ3n) is 10.0. The van der Waals surface area contributed by atoms with Crippen LogP contribution in [0, 0.1) is 0 Å². The van der Waals surface area contributed by atoms with Gasteiger partial charge in [-0.2, -0.15) is 0 Å². The first-order valence-corrected chi connectivity index (χ1v) is 24.9. The Morgan fingerprint density at radius 2 is 0.694 bits per heavy atom. The highest BCUT2D eigenvalue weighted by atomic mass is 16.6. The summed E-state index contributed by atoms with van der Waals surface area (Å²) >= 11 is 0. The predicted molar refractivity (Wildman–Crippen MR) is 265 cm³/mol. The minimum absolute atomic E-state index is 0.121. The first-order valence-electron chi connectivity index (χ1n) is 24.9. The summed E-state index contributed by atoms with van der Waals surface area (Å²) in [5.74, 6) is -1.04. The fourth-order valence-corrected chi connectivity index (χ4v) is 6.33. The molecule has 6 nitrogen and oxygen atoms in total. The average molecular weight is 859 g/mol. The van der Waals surface area contributed by atoms with Crippen LogP contribution < -0.4 is 0 Å². The van der Waals surface area contributed by atoms with E-state index in [9.17, 15) is 14.4 Å². The summed E-state index contributed by atoms with van der Waals surface area (Å²) in [7, 11) is 0. The maximum absolute atomic E-state index is 12.7. The van der Waals surface area contributed by atoms with Gasteiger partial charge >= 0.3 is 17.9 Å². The maximum Gasteiger partial charge on any atom is 0.306 e. The lowest BCUT2D eigenvalue weighted by Crippen LogP contribution is -2.30. The second-order valence-electron chi connectivity index (χ2n) is 16.0. The van der Waals surface area contributed by atoms with Crippen molar-refractivity contribution in [3.05, 3.63) is 109 Å². The molecule has 350 valence electrons. The molecule has 0 aromatic carbocycles. The van der Waals surface area contributed by atoms with Gasteiger partial charge in [0.25, 0.3) is 0 Å². The van der Waals surface area contributed by atoms with Gasteiger partial charge in [-0.15, -0.1) is 0 Å². The Bertz CT molecular complexity index is 1310. The fourth-order valence-electron chi connectivity index (χ4n) is 6.33. The van der Waals surface area contributed by atoms with Crippen molar-refractivity contribution in [3.8, 4) is 0 Å². The van der Waals surface area contributed by atoms with Crippen LogP contribution in [-0.2, 0) is 28.6 Å². The zero-order valence-electron chi connectivity index (χ0n) is 39.8. The van der Waals surface area contributed by atoms with Gasteiger partial charge in [-0.3, -0.25) is 14.4 Å². The van der Waals surface area contributed by atoms with Gasteiger partial charge in [-0.05, 0) is 109 Å². The third kappa shape index (κ3) is 47.1. The lowest BCUT2D eigenvalue weighted by atomic mass is 10.1. The number of unbranched alkanes of at least 4 members (excludes halogenated alkanes) is 15. The number of hydrogen-bond acceptors (Lipinski definition) is 6. The molecule has 0 rings (SSSR count). The van der Waals surface area contributed by atoms with Crippen LogP contribution in [-0.4, -0.2) is 37.2 Å². The number of carbonyl (C=O) groups is 3. The van der Waals surface area contributed by atoms with Crippen molar-refractivity contribution >= 4 is 17.9 Å². The van der Waals surface area contributed by atoms with E-state index in [1.54, 1.807) is 0 Å². The van der Waals surface area contributed by atoms with Crippen molar-refractivity contribution < 1.29 is 28.6 Å². The molecule has 0 aromatic rings. The molecule has 1 atom stereocenters. The van der Waals surface area contributed by atoms with E-state index in [-0.39, 0.29) is 37.5 Å². The summed E-state index contributed by atoms with van der Waals surface area (Å²) in [6, 6.07) is 0. The Morgan fingerprint density at radius 3 is 1.16 bits per heavy atom. The summed E-state index contributed by atoms with van der Waals surface area (Å²) in [6.45, 7) is 6.28. The summed E-state index contributed by atoms with van der Waals surface area (Å²) in [4.78, 5) is 37.8. The lowest BCUT2D eigenvalue weighted by Gasteiger charge is -2.18. The summed E-state index contributed by atoms with van der Waals surface area (Å²) in [5.41, 5.74) is 0. The zero-order chi connectivity index (χ0) is 45.1. The van der Waals surface area contributed by atoms with Crippen LogP contribution in [0.2, 0.25) is 0 Å². The Labute approximate surface area is 380 Å². The molecule has 62 heavy (non-hydrogen) atoms. The van der Waals surface area contributed by atoms with E-state index in [1.165, 1.54) is 51.4 Å². The smallest absolute Gasteiger partial charge is 0.306 e. The van der Waals surface area contributed by atoms with Gasteiger partial charge in [0, 0.05) is 19.3 Å². The van der Waals surface area contributed by atoms with Crippen LogP contribution >= 0.6 is 0 Å². The quantitative estimate of drug-likeness (QED) is 0.0200. The van der Waals surface area contributed by atoms with Gasteiger partial charge < -0.3 is 14.2 Å². The van der Waals surface area contributed by atoms with Crippen molar-refractivity contribution in [2.24, 2.45) is 0 Å². The second kappa shape index (κ2) is 49.7. The molecule has 0 aliphatic heterocycles. The largest absolute Gasteiger partial charge is 0.462 e. The van der Waals surface area contributed by atoms with E-state index in [4.69, 9.17) is 14.2 Å². The highest BCUT2D eigenvalue weighted by molar-refractivity contribution is 5.71. The van der Waals surface area contributed by atoms with Gasteiger partial charge in [0.2, 0.25) is 0 Å². The van der Waals surface area contributed by atoms with Crippen molar-refractivity contribution in [2.45, 2.75) is 213 Å². The van der Waals surface area contributed by atoms with E-state index in [2.05, 4.69) is 130 Å². The van der Waals surface area contributed by atoms with Crippen LogP contribution in [0.3, 0.4) is 0 Å². The molecule has 6 heteroatoms. The molecule has 0 amide bonds. The van der Waals surface area contributed by atoms with E-state index in [1.807, 2.05) is 0 Å². The standard InChI is InChI=1S/C56H90O6/c1-4-7-10-13-16-19-21-23-25-27-29-30-32-34-37-40-43-46-49-55(58)61-52-53(51-60-54(57)48-45-42-39-36-18-15-12-9-6-3)62-56(59)50-47-44-41-38-35-33-31-28-26-24-22-20-17-14-11-8-5-2/h8-9,11-12,17-18,20,24-27,29-31,33,36,38,41,53H,4-7,10,13-16,19,21-23,28,32,34-35,37,39-40,42-52H2,1-3H3/b11-8-,12-9-,20-17-,26-24-,27-25-,30-29-,33-31-,36-18-,41-38-. The highest BCUT2D eigenvalue weighted by Crippen LogP contribution is 2.12. The maximum atomic E-state index is 12.7. The predicted octanol–water partition coefficient (Wildman–Crippen LogP) is 16.4. The summed E-state index contributed by atoms with van der Waals surface area (Å²) in [6.07, 6.45) is 66.6. The molecule has 0 aromatic heterocycles. The number of esters is 3. The van der Waals surface area contributed by atoms with Crippen molar-refractivity contribution in [3.63, 3.8) is 0 Å². The number of hydrogen-bond donors (Lipinski definition) is 0. The monoisotopic (exact) mass is 859 g/mol. The number of allylic oxidation sites excluding steroid dienone is 18. The van der Waals surface area contributed by atoms with Gasteiger partial charge in [0.1, 0.15) is 13.2 Å². The number of carbonyl (C=O) groups excluding carboxylic acids is 3. The first kappa shape index (κ1) is 58.1. The molecular weight excluding hydrogens is 769 g/mol. The fraction of sp³-hybridized carbons (Fsp3) is 0.625. The molecule has 0 saturated carbocycles. The average Bonchev–Trinajstić information content (AvgIpc) is 3.27. The third-order valence-corrected chi connectivity index (χ3v) is 10.0. The van der Waals surface area contributed by atoms with Crippen molar-refractivity contribution in [2.75, 3.05) is 13.2 Å². The molecule has 0 N–H and O–H groups in total. The normalized spacial score (nSPS) is 13.0. The van der Waals surface area contributed by atoms with Crippen LogP contribution in [0.4, 0.5) is 0 Å². The van der Waals surface area contributed by atoms with E-state index < -0.39 is 6.10 Å². The Kier molecular flexibility index (Phi) is 46.6. The molecule has 0 saturated heterocycles. The molecule has 0 aliphatic carbocycles.